The van der Waals surface area contributed by atoms with Crippen molar-refractivity contribution < 1.29 is 19.0 Å². The van der Waals surface area contributed by atoms with Crippen molar-refractivity contribution in [2.24, 2.45) is 0 Å². The molecule has 1 aromatic carbocycles. The largest absolute Gasteiger partial charge is 0.493 e. The molecule has 2 heterocycles. The molecule has 0 bridgehead atoms. The Hall–Kier alpha value is -1.85. The Morgan fingerprint density at radius 3 is 3.10 bits per heavy atom. The SMILES string of the molecule is CCCOc1cccc2[nH]cc(C(=O)C3COCCO3)c12. The summed E-state index contributed by atoms with van der Waals surface area (Å²) in [7, 11) is 0. The van der Waals surface area contributed by atoms with E-state index in [-0.39, 0.29) is 5.78 Å². The van der Waals surface area contributed by atoms with Gasteiger partial charge in [0.15, 0.2) is 5.78 Å². The van der Waals surface area contributed by atoms with E-state index in [1.165, 1.54) is 0 Å². The lowest BCUT2D eigenvalue weighted by atomic mass is 10.0. The minimum absolute atomic E-state index is 0.0616. The van der Waals surface area contributed by atoms with E-state index < -0.39 is 6.10 Å². The quantitative estimate of drug-likeness (QED) is 0.859. The molecule has 1 saturated heterocycles. The van der Waals surface area contributed by atoms with Crippen molar-refractivity contribution in [1.29, 1.82) is 0 Å². The molecule has 1 aliphatic rings. The van der Waals surface area contributed by atoms with E-state index in [1.807, 2.05) is 18.2 Å². The Morgan fingerprint density at radius 2 is 2.33 bits per heavy atom. The Balaban J connectivity index is 1.95. The number of hydrogen-bond donors (Lipinski definition) is 1. The molecule has 0 amide bonds. The third-order valence-corrected chi connectivity index (χ3v) is 3.50. The molecule has 1 fully saturated rings. The van der Waals surface area contributed by atoms with Gasteiger partial charge in [-0.2, -0.15) is 0 Å². The van der Waals surface area contributed by atoms with Crippen LogP contribution in [-0.2, 0) is 9.47 Å². The second kappa shape index (κ2) is 6.28. The van der Waals surface area contributed by atoms with Gasteiger partial charge in [0, 0.05) is 17.3 Å². The summed E-state index contributed by atoms with van der Waals surface area (Å²) in [6.07, 6.45) is 2.12. The molecule has 1 unspecified atom stereocenters. The number of nitrogens with one attached hydrogen (secondary N) is 1. The third kappa shape index (κ3) is 2.80. The van der Waals surface area contributed by atoms with Crippen LogP contribution in [0.3, 0.4) is 0 Å². The lowest BCUT2D eigenvalue weighted by Gasteiger charge is -2.21. The van der Waals surface area contributed by atoms with Crippen molar-refractivity contribution in [3.05, 3.63) is 30.0 Å². The average Bonchev–Trinajstić information content (AvgIpc) is 2.97. The molecular weight excluding hydrogens is 270 g/mol. The molecule has 5 nitrogen and oxygen atoms in total. The number of hydrogen-bond acceptors (Lipinski definition) is 4. The van der Waals surface area contributed by atoms with Crippen molar-refractivity contribution in [2.45, 2.75) is 19.4 Å². The normalized spacial score (nSPS) is 18.8. The number of ether oxygens (including phenoxy) is 3. The van der Waals surface area contributed by atoms with Crippen molar-refractivity contribution >= 4 is 16.7 Å². The standard InChI is InChI=1S/C16H19NO4/c1-2-6-20-13-5-3-4-12-15(13)11(9-17-12)16(18)14-10-19-7-8-21-14/h3-5,9,14,17H,2,6-8,10H2,1H3. The molecule has 1 aromatic heterocycles. The van der Waals surface area contributed by atoms with Crippen molar-refractivity contribution in [3.63, 3.8) is 0 Å². The Kier molecular flexibility index (Phi) is 4.22. The average molecular weight is 289 g/mol. The summed E-state index contributed by atoms with van der Waals surface area (Å²) in [5.41, 5.74) is 1.50. The van der Waals surface area contributed by atoms with Crippen molar-refractivity contribution in [1.82, 2.24) is 4.98 Å². The molecule has 0 aliphatic carbocycles. The number of fused-ring (bicyclic) bond motifs is 1. The molecule has 1 N–H and O–H groups in total. The maximum Gasteiger partial charge on any atom is 0.196 e. The van der Waals surface area contributed by atoms with Crippen LogP contribution in [0.1, 0.15) is 23.7 Å². The second-order valence-corrected chi connectivity index (χ2v) is 5.03. The fourth-order valence-corrected chi connectivity index (χ4v) is 2.49. The summed E-state index contributed by atoms with van der Waals surface area (Å²) < 4.78 is 16.6. The van der Waals surface area contributed by atoms with E-state index in [0.29, 0.717) is 32.0 Å². The summed E-state index contributed by atoms with van der Waals surface area (Å²) in [5.74, 6) is 0.671. The first kappa shape index (κ1) is 14.1. The molecule has 2 aromatic rings. The first-order valence-corrected chi connectivity index (χ1v) is 7.27. The zero-order valence-electron chi connectivity index (χ0n) is 12.1. The van der Waals surface area contributed by atoms with Gasteiger partial charge in [0.25, 0.3) is 0 Å². The number of carbonyl (C=O) groups excluding carboxylic acids is 1. The highest BCUT2D eigenvalue weighted by Crippen LogP contribution is 2.30. The lowest BCUT2D eigenvalue weighted by Crippen LogP contribution is -2.35. The fourth-order valence-electron chi connectivity index (χ4n) is 2.49. The van der Waals surface area contributed by atoms with Gasteiger partial charge in [-0.15, -0.1) is 0 Å². The van der Waals surface area contributed by atoms with Gasteiger partial charge in [0.2, 0.25) is 0 Å². The van der Waals surface area contributed by atoms with E-state index in [0.717, 1.165) is 23.1 Å². The number of aromatic amines is 1. The van der Waals surface area contributed by atoms with Crippen LogP contribution < -0.4 is 4.74 Å². The first-order valence-electron chi connectivity index (χ1n) is 7.27. The highest BCUT2D eigenvalue weighted by atomic mass is 16.6. The number of Topliss-reactive ketones (excluding diaryl/α,β-unsaturated/α-hetero) is 1. The Morgan fingerprint density at radius 1 is 1.43 bits per heavy atom. The summed E-state index contributed by atoms with van der Waals surface area (Å²) in [5, 5.41) is 0.824. The molecule has 3 rings (SSSR count). The topological polar surface area (TPSA) is 60.6 Å². The number of benzene rings is 1. The number of aromatic nitrogens is 1. The summed E-state index contributed by atoms with van der Waals surface area (Å²) in [6.45, 7) is 3.99. The van der Waals surface area contributed by atoms with Gasteiger partial charge in [-0.05, 0) is 18.6 Å². The van der Waals surface area contributed by atoms with Crippen LogP contribution >= 0.6 is 0 Å². The van der Waals surface area contributed by atoms with Crippen molar-refractivity contribution in [2.75, 3.05) is 26.4 Å². The minimum Gasteiger partial charge on any atom is -0.493 e. The van der Waals surface area contributed by atoms with Crippen LogP contribution in [0.2, 0.25) is 0 Å². The maximum atomic E-state index is 12.6. The highest BCUT2D eigenvalue weighted by Gasteiger charge is 2.27. The van der Waals surface area contributed by atoms with Gasteiger partial charge in [-0.1, -0.05) is 13.0 Å². The van der Waals surface area contributed by atoms with Gasteiger partial charge < -0.3 is 19.2 Å². The van der Waals surface area contributed by atoms with E-state index in [2.05, 4.69) is 11.9 Å². The van der Waals surface area contributed by atoms with E-state index in [1.54, 1.807) is 6.20 Å². The second-order valence-electron chi connectivity index (χ2n) is 5.03. The number of H-pyrrole nitrogens is 1. The molecular formula is C16H19NO4. The van der Waals surface area contributed by atoms with Gasteiger partial charge >= 0.3 is 0 Å². The molecule has 21 heavy (non-hydrogen) atoms. The predicted octanol–water partition coefficient (Wildman–Crippen LogP) is 2.55. The molecule has 5 heteroatoms. The highest BCUT2D eigenvalue weighted by molar-refractivity contribution is 6.11. The number of carbonyl (C=O) groups is 1. The monoisotopic (exact) mass is 289 g/mol. The van der Waals surface area contributed by atoms with Crippen LogP contribution in [0.15, 0.2) is 24.4 Å². The first-order chi connectivity index (χ1) is 10.3. The van der Waals surface area contributed by atoms with E-state index >= 15 is 0 Å². The zero-order chi connectivity index (χ0) is 14.7. The Bertz CT molecular complexity index is 628. The number of rotatable bonds is 5. The molecule has 0 saturated carbocycles. The minimum atomic E-state index is -0.531. The van der Waals surface area contributed by atoms with Crippen LogP contribution in [0.4, 0.5) is 0 Å². The summed E-state index contributed by atoms with van der Waals surface area (Å²) in [4.78, 5) is 15.7. The van der Waals surface area contributed by atoms with Gasteiger partial charge in [-0.25, -0.2) is 0 Å². The molecule has 0 spiro atoms. The van der Waals surface area contributed by atoms with Gasteiger partial charge in [0.05, 0.1) is 31.8 Å². The van der Waals surface area contributed by atoms with Gasteiger partial charge in [0.1, 0.15) is 11.9 Å². The molecule has 112 valence electrons. The zero-order valence-corrected chi connectivity index (χ0v) is 12.1. The van der Waals surface area contributed by atoms with Crippen LogP contribution in [0, 0.1) is 0 Å². The summed E-state index contributed by atoms with van der Waals surface area (Å²) in [6, 6.07) is 5.74. The third-order valence-electron chi connectivity index (χ3n) is 3.50. The molecule has 0 radical (unpaired) electrons. The van der Waals surface area contributed by atoms with Crippen LogP contribution in [0.5, 0.6) is 5.75 Å². The summed E-state index contributed by atoms with van der Waals surface area (Å²) >= 11 is 0. The van der Waals surface area contributed by atoms with Crippen LogP contribution in [0.25, 0.3) is 10.9 Å². The smallest absolute Gasteiger partial charge is 0.196 e. The van der Waals surface area contributed by atoms with Crippen molar-refractivity contribution in [3.8, 4) is 5.75 Å². The number of ketones is 1. The fraction of sp³-hybridized carbons (Fsp3) is 0.438. The van der Waals surface area contributed by atoms with E-state index in [4.69, 9.17) is 14.2 Å². The lowest BCUT2D eigenvalue weighted by molar-refractivity contribution is -0.0718. The predicted molar refractivity (Wildman–Crippen MR) is 79.0 cm³/mol. The maximum absolute atomic E-state index is 12.6. The molecule has 1 atom stereocenters. The van der Waals surface area contributed by atoms with Gasteiger partial charge in [-0.3, -0.25) is 4.79 Å². The Labute approximate surface area is 123 Å². The van der Waals surface area contributed by atoms with Crippen LogP contribution in [-0.4, -0.2) is 43.3 Å². The van der Waals surface area contributed by atoms with E-state index in [9.17, 15) is 4.79 Å². The molecule has 1 aliphatic heterocycles.